The highest BCUT2D eigenvalue weighted by molar-refractivity contribution is 7.47. The molecule has 17 nitrogen and oxygen atoms in total. The predicted molar refractivity (Wildman–Crippen MR) is 418 cm³/mol. The van der Waals surface area contributed by atoms with Crippen LogP contribution in [-0.2, 0) is 65.4 Å². The minimum atomic E-state index is -4.96. The number of hydrogen-bond donors (Lipinski definition) is 3. The molecule has 19 heteroatoms. The average Bonchev–Trinajstić information content (AvgIpc) is 0.910. The van der Waals surface area contributed by atoms with Crippen LogP contribution in [0.5, 0.6) is 0 Å². The van der Waals surface area contributed by atoms with Gasteiger partial charge in [0, 0.05) is 25.7 Å². The minimum Gasteiger partial charge on any atom is -0.462 e. The molecular weight excluding hydrogens is 1330 g/mol. The van der Waals surface area contributed by atoms with Crippen molar-refractivity contribution in [2.24, 2.45) is 17.8 Å². The van der Waals surface area contributed by atoms with Crippen molar-refractivity contribution in [2.45, 2.75) is 452 Å². The highest BCUT2D eigenvalue weighted by Crippen LogP contribution is 2.45. The number of carbonyl (C=O) groups is 4. The van der Waals surface area contributed by atoms with Crippen molar-refractivity contribution in [1.82, 2.24) is 0 Å². The molecule has 606 valence electrons. The van der Waals surface area contributed by atoms with E-state index >= 15 is 0 Å². The molecule has 0 aromatic carbocycles. The van der Waals surface area contributed by atoms with E-state index in [-0.39, 0.29) is 25.7 Å². The van der Waals surface area contributed by atoms with Crippen molar-refractivity contribution in [2.75, 3.05) is 39.6 Å². The van der Waals surface area contributed by atoms with Gasteiger partial charge in [0.15, 0.2) is 12.2 Å². The molecule has 0 aliphatic rings. The van der Waals surface area contributed by atoms with Gasteiger partial charge in [0.1, 0.15) is 19.3 Å². The Kier molecular flexibility index (Phi) is 71.8. The monoisotopic (exact) mass is 1490 g/mol. The van der Waals surface area contributed by atoms with Crippen LogP contribution in [0.15, 0.2) is 0 Å². The molecule has 0 rings (SSSR count). The van der Waals surface area contributed by atoms with Crippen molar-refractivity contribution in [3.05, 3.63) is 0 Å². The van der Waals surface area contributed by atoms with Gasteiger partial charge in [-0.3, -0.25) is 37.3 Å². The first-order chi connectivity index (χ1) is 49.2. The van der Waals surface area contributed by atoms with Crippen molar-refractivity contribution in [3.8, 4) is 0 Å². The SMILES string of the molecule is CCCCCCCCCCCC(=O)OC[C@H](COP(=O)(O)OC[C@H](O)COP(=O)(O)OC[C@@H](COC(=O)CCCCCCCCCCCCCCCCC(C)C)OC(=O)CCCCCCCCCCCCCCCCCCC(C)C)OC(=O)CCCCCCCCCCCCCCCCC(C)C. The van der Waals surface area contributed by atoms with E-state index in [0.29, 0.717) is 25.7 Å². The molecule has 0 heterocycles. The number of unbranched alkanes of at least 4 members (excludes halogenated alkanes) is 49. The number of rotatable bonds is 81. The van der Waals surface area contributed by atoms with Gasteiger partial charge in [-0.2, -0.15) is 0 Å². The summed E-state index contributed by atoms with van der Waals surface area (Å²) in [5.41, 5.74) is 0. The molecule has 0 aliphatic carbocycles. The maximum Gasteiger partial charge on any atom is 0.472 e. The molecule has 0 radical (unpaired) electrons. The first-order valence-electron chi connectivity index (χ1n) is 42.8. The van der Waals surface area contributed by atoms with Crippen LogP contribution < -0.4 is 0 Å². The lowest BCUT2D eigenvalue weighted by Gasteiger charge is -2.21. The zero-order valence-electron chi connectivity index (χ0n) is 67.1. The van der Waals surface area contributed by atoms with Gasteiger partial charge in [-0.15, -0.1) is 0 Å². The molecule has 0 spiro atoms. The van der Waals surface area contributed by atoms with E-state index in [2.05, 4.69) is 48.5 Å². The van der Waals surface area contributed by atoms with Crippen molar-refractivity contribution >= 4 is 39.5 Å². The standard InChI is InChI=1S/C83H162O17P2/c1-8-9-10-11-12-33-43-50-57-64-80(85)93-70-78(99-82(87)67-60-53-46-39-32-26-20-18-23-29-36-42-49-56-63-76(6)7)72-97-101(89,90)95-68-77(84)69-96-102(91,92)98-73-79(71-94-81(86)65-58-51-44-37-30-24-19-17-22-28-35-41-48-55-62-75(4)5)100-83(88)66-59-52-45-38-31-25-16-14-13-15-21-27-34-40-47-54-61-74(2)3/h74-79,84H,8-73H2,1-7H3,(H,89,90)(H,91,92)/t77-,78+,79+/m0/s1. The third-order valence-corrected chi connectivity index (χ3v) is 21.3. The van der Waals surface area contributed by atoms with Crippen LogP contribution in [0, 0.1) is 17.8 Å². The van der Waals surface area contributed by atoms with E-state index in [1.807, 2.05) is 0 Å². The van der Waals surface area contributed by atoms with Gasteiger partial charge in [0.05, 0.1) is 26.4 Å². The molecule has 0 bridgehead atoms. The Morgan fingerprint density at radius 3 is 0.667 bits per heavy atom. The third-order valence-electron chi connectivity index (χ3n) is 19.4. The molecule has 5 atom stereocenters. The molecule has 0 saturated carbocycles. The number of phosphoric ester groups is 2. The molecule has 0 saturated heterocycles. The molecule has 0 fully saturated rings. The molecule has 0 aliphatic heterocycles. The quantitative estimate of drug-likeness (QED) is 0.0222. The topological polar surface area (TPSA) is 237 Å². The Labute approximate surface area is 626 Å². The summed E-state index contributed by atoms with van der Waals surface area (Å²) in [6, 6.07) is 0. The van der Waals surface area contributed by atoms with Crippen LogP contribution in [0.1, 0.15) is 434 Å². The van der Waals surface area contributed by atoms with Gasteiger partial charge < -0.3 is 33.8 Å². The van der Waals surface area contributed by atoms with Gasteiger partial charge in [-0.25, -0.2) is 9.13 Å². The van der Waals surface area contributed by atoms with Crippen LogP contribution in [0.4, 0.5) is 0 Å². The third kappa shape index (κ3) is 76.3. The second kappa shape index (κ2) is 73.2. The van der Waals surface area contributed by atoms with Gasteiger partial charge in [-0.1, -0.05) is 382 Å². The molecule has 102 heavy (non-hydrogen) atoms. The van der Waals surface area contributed by atoms with Crippen LogP contribution in [0.25, 0.3) is 0 Å². The second-order valence-electron chi connectivity index (χ2n) is 31.3. The summed E-state index contributed by atoms with van der Waals surface area (Å²) in [6.07, 6.45) is 62.4. The predicted octanol–water partition coefficient (Wildman–Crippen LogP) is 24.9. The van der Waals surface area contributed by atoms with E-state index in [9.17, 15) is 43.2 Å². The van der Waals surface area contributed by atoms with E-state index < -0.39 is 97.5 Å². The first-order valence-corrected chi connectivity index (χ1v) is 45.8. The van der Waals surface area contributed by atoms with Crippen molar-refractivity contribution in [3.63, 3.8) is 0 Å². The highest BCUT2D eigenvalue weighted by atomic mass is 31.2. The maximum absolute atomic E-state index is 13.1. The Hall–Kier alpha value is -1.94. The number of carbonyl (C=O) groups excluding carboxylic acids is 4. The van der Waals surface area contributed by atoms with Gasteiger partial charge >= 0.3 is 39.5 Å². The van der Waals surface area contributed by atoms with Crippen molar-refractivity contribution in [1.29, 1.82) is 0 Å². The number of aliphatic hydroxyl groups is 1. The molecule has 0 aromatic rings. The lowest BCUT2D eigenvalue weighted by molar-refractivity contribution is -0.161. The number of aliphatic hydroxyl groups excluding tert-OH is 1. The highest BCUT2D eigenvalue weighted by Gasteiger charge is 2.30. The van der Waals surface area contributed by atoms with Crippen LogP contribution in [0.2, 0.25) is 0 Å². The van der Waals surface area contributed by atoms with E-state index in [1.54, 1.807) is 0 Å². The summed E-state index contributed by atoms with van der Waals surface area (Å²) in [5.74, 6) is 0.295. The summed E-state index contributed by atoms with van der Waals surface area (Å²) < 4.78 is 68.8. The number of esters is 4. The van der Waals surface area contributed by atoms with E-state index in [1.165, 1.54) is 244 Å². The largest absolute Gasteiger partial charge is 0.472 e. The zero-order valence-corrected chi connectivity index (χ0v) is 68.9. The smallest absolute Gasteiger partial charge is 0.462 e. The first kappa shape index (κ1) is 100. The van der Waals surface area contributed by atoms with Crippen LogP contribution in [-0.4, -0.2) is 96.7 Å². The summed E-state index contributed by atoms with van der Waals surface area (Å²) in [7, 11) is -9.92. The van der Waals surface area contributed by atoms with Crippen molar-refractivity contribution < 1.29 is 80.2 Å². The molecule has 2 unspecified atom stereocenters. The number of phosphoric acid groups is 2. The van der Waals surface area contributed by atoms with Gasteiger partial charge in [-0.05, 0) is 43.4 Å². The number of ether oxygens (including phenoxy) is 4. The second-order valence-corrected chi connectivity index (χ2v) is 34.2. The fourth-order valence-corrected chi connectivity index (χ4v) is 14.4. The minimum absolute atomic E-state index is 0.107. The van der Waals surface area contributed by atoms with E-state index in [0.717, 1.165) is 108 Å². The summed E-state index contributed by atoms with van der Waals surface area (Å²) >= 11 is 0. The number of hydrogen-bond acceptors (Lipinski definition) is 15. The molecule has 0 aromatic heterocycles. The fourth-order valence-electron chi connectivity index (χ4n) is 12.8. The maximum atomic E-state index is 13.1. The molecular formula is C83H162O17P2. The Balaban J connectivity index is 5.22. The van der Waals surface area contributed by atoms with Crippen LogP contribution in [0.3, 0.4) is 0 Å². The van der Waals surface area contributed by atoms with Crippen LogP contribution >= 0.6 is 15.6 Å². The molecule has 3 N–H and O–H groups in total. The Morgan fingerprint density at radius 1 is 0.265 bits per heavy atom. The summed E-state index contributed by atoms with van der Waals surface area (Å²) in [6.45, 7) is 12.0. The van der Waals surface area contributed by atoms with Gasteiger partial charge in [0.2, 0.25) is 0 Å². The summed E-state index contributed by atoms with van der Waals surface area (Å²) in [4.78, 5) is 73.1. The van der Waals surface area contributed by atoms with Gasteiger partial charge in [0.25, 0.3) is 0 Å². The Morgan fingerprint density at radius 2 is 0.451 bits per heavy atom. The lowest BCUT2D eigenvalue weighted by atomic mass is 10.0. The zero-order chi connectivity index (χ0) is 75.1. The average molecular weight is 1490 g/mol. The fraction of sp³-hybridized carbons (Fsp3) is 0.952. The normalized spacial score (nSPS) is 13.9. The Bertz CT molecular complexity index is 1970. The molecule has 0 amide bonds. The van der Waals surface area contributed by atoms with E-state index in [4.69, 9.17) is 37.0 Å². The lowest BCUT2D eigenvalue weighted by Crippen LogP contribution is -2.30. The summed E-state index contributed by atoms with van der Waals surface area (Å²) in [5, 5.41) is 10.7.